The van der Waals surface area contributed by atoms with Crippen LogP contribution in [-0.2, 0) is 38.0 Å². The van der Waals surface area contributed by atoms with Gasteiger partial charge in [0.2, 0.25) is 6.29 Å². The highest BCUT2D eigenvalue weighted by atomic mass is 16.7. The molecule has 0 spiro atoms. The molecule has 5 atom stereocenters. The van der Waals surface area contributed by atoms with Crippen molar-refractivity contribution in [2.45, 2.75) is 104 Å². The summed E-state index contributed by atoms with van der Waals surface area (Å²) in [7, 11) is 0. The van der Waals surface area contributed by atoms with E-state index in [0.29, 0.717) is 19.8 Å². The largest absolute Gasteiger partial charge is 0.463 e. The lowest BCUT2D eigenvalue weighted by molar-refractivity contribution is -0.314. The van der Waals surface area contributed by atoms with Crippen LogP contribution in [0.3, 0.4) is 0 Å². The predicted molar refractivity (Wildman–Crippen MR) is 111 cm³/mol. The fraction of sp³-hybridized carbons (Fsp3) is 0.909. The number of ether oxygens (including phenoxy) is 6. The second-order valence-electron chi connectivity index (χ2n) is 7.52. The van der Waals surface area contributed by atoms with Crippen molar-refractivity contribution in [3.63, 3.8) is 0 Å². The third kappa shape index (κ3) is 9.73. The minimum atomic E-state index is -0.961. The average Bonchev–Trinajstić information content (AvgIpc) is 2.69. The fourth-order valence-corrected chi connectivity index (χ4v) is 3.13. The SMILES string of the molecule is CCCCOC1[C@H](OCCCC)C(COC(C)=O)OC(OC(C)=O)[C@@H]1OCCCC. The molecule has 0 bridgehead atoms. The minimum absolute atomic E-state index is 0.0147. The van der Waals surface area contributed by atoms with Gasteiger partial charge in [0.15, 0.2) is 0 Å². The van der Waals surface area contributed by atoms with Crippen LogP contribution in [0.2, 0.25) is 0 Å². The molecule has 8 heteroatoms. The van der Waals surface area contributed by atoms with Crippen LogP contribution >= 0.6 is 0 Å². The Hall–Kier alpha value is -1.22. The first-order valence-corrected chi connectivity index (χ1v) is 11.2. The Morgan fingerprint density at radius 2 is 1.23 bits per heavy atom. The van der Waals surface area contributed by atoms with Gasteiger partial charge in [0.05, 0.1) is 0 Å². The predicted octanol–water partition coefficient (Wildman–Crippen LogP) is 3.39. The van der Waals surface area contributed by atoms with E-state index >= 15 is 0 Å². The zero-order valence-electron chi connectivity index (χ0n) is 19.2. The van der Waals surface area contributed by atoms with Crippen molar-refractivity contribution >= 4 is 11.9 Å². The lowest BCUT2D eigenvalue weighted by Gasteiger charge is -2.45. The third-order valence-corrected chi connectivity index (χ3v) is 4.75. The van der Waals surface area contributed by atoms with Crippen LogP contribution in [0.15, 0.2) is 0 Å². The molecule has 0 aromatic carbocycles. The van der Waals surface area contributed by atoms with Gasteiger partial charge in [-0.2, -0.15) is 0 Å². The summed E-state index contributed by atoms with van der Waals surface area (Å²) in [5.41, 5.74) is 0. The number of rotatable bonds is 15. The number of hydrogen-bond acceptors (Lipinski definition) is 8. The molecule has 0 aromatic rings. The van der Waals surface area contributed by atoms with E-state index in [0.717, 1.165) is 38.5 Å². The van der Waals surface area contributed by atoms with Crippen molar-refractivity contribution in [1.29, 1.82) is 0 Å². The molecule has 1 heterocycles. The molecule has 30 heavy (non-hydrogen) atoms. The summed E-state index contributed by atoms with van der Waals surface area (Å²) in [5, 5.41) is 0. The lowest BCUT2D eigenvalue weighted by Crippen LogP contribution is -2.62. The van der Waals surface area contributed by atoms with Gasteiger partial charge in [-0.1, -0.05) is 40.0 Å². The molecule has 0 aromatic heterocycles. The molecular weight excluding hydrogens is 392 g/mol. The van der Waals surface area contributed by atoms with Crippen LogP contribution in [0.5, 0.6) is 0 Å². The molecule has 0 aliphatic carbocycles. The molecular formula is C22H40O8. The second kappa shape index (κ2) is 15.6. The first kappa shape index (κ1) is 26.8. The van der Waals surface area contributed by atoms with Crippen molar-refractivity contribution in [1.82, 2.24) is 0 Å². The fourth-order valence-electron chi connectivity index (χ4n) is 3.13. The highest BCUT2D eigenvalue weighted by Crippen LogP contribution is 2.30. The Kier molecular flexibility index (Phi) is 13.9. The number of carbonyl (C=O) groups is 2. The van der Waals surface area contributed by atoms with E-state index in [2.05, 4.69) is 20.8 Å². The van der Waals surface area contributed by atoms with Crippen molar-refractivity contribution in [3.8, 4) is 0 Å². The Bertz CT molecular complexity index is 484. The molecule has 1 fully saturated rings. The van der Waals surface area contributed by atoms with Crippen LogP contribution in [-0.4, -0.2) is 69.1 Å². The zero-order chi connectivity index (χ0) is 22.4. The van der Waals surface area contributed by atoms with E-state index in [1.165, 1.54) is 13.8 Å². The number of unbranched alkanes of at least 4 members (excludes halogenated alkanes) is 3. The van der Waals surface area contributed by atoms with Crippen LogP contribution in [0.25, 0.3) is 0 Å². The van der Waals surface area contributed by atoms with E-state index < -0.39 is 42.6 Å². The van der Waals surface area contributed by atoms with Gasteiger partial charge < -0.3 is 28.4 Å². The standard InChI is InChI=1S/C22H40O8/c1-6-9-12-25-19-18(15-28-16(4)23)30-22(29-17(5)24)21(27-14-11-8-3)20(19)26-13-10-7-2/h18-22H,6-15H2,1-5H3/t18?,19-,20?,21-,22?/m1/s1. The lowest BCUT2D eigenvalue weighted by atomic mass is 9.98. The van der Waals surface area contributed by atoms with Crippen LogP contribution in [0, 0.1) is 0 Å². The number of esters is 2. The van der Waals surface area contributed by atoms with Gasteiger partial charge in [0, 0.05) is 33.7 Å². The van der Waals surface area contributed by atoms with Gasteiger partial charge >= 0.3 is 11.9 Å². The van der Waals surface area contributed by atoms with Crippen molar-refractivity contribution < 1.29 is 38.0 Å². The molecule has 0 saturated carbocycles. The smallest absolute Gasteiger partial charge is 0.305 e. The average molecular weight is 433 g/mol. The normalized spacial score (nSPS) is 26.4. The Labute approximate surface area is 180 Å². The summed E-state index contributed by atoms with van der Waals surface area (Å²) in [6, 6.07) is 0. The molecule has 0 radical (unpaired) electrons. The summed E-state index contributed by atoms with van der Waals surface area (Å²) < 4.78 is 35.1. The summed E-state index contributed by atoms with van der Waals surface area (Å²) in [6.07, 6.45) is 2.33. The maximum absolute atomic E-state index is 11.7. The van der Waals surface area contributed by atoms with Gasteiger partial charge in [-0.05, 0) is 19.3 Å². The van der Waals surface area contributed by atoms with Crippen molar-refractivity contribution in [2.75, 3.05) is 26.4 Å². The maximum Gasteiger partial charge on any atom is 0.305 e. The molecule has 176 valence electrons. The highest BCUT2D eigenvalue weighted by Gasteiger charge is 2.50. The Morgan fingerprint density at radius 3 is 1.70 bits per heavy atom. The molecule has 3 unspecified atom stereocenters. The van der Waals surface area contributed by atoms with Gasteiger partial charge in [-0.3, -0.25) is 9.59 Å². The Balaban J connectivity index is 3.12. The first-order valence-electron chi connectivity index (χ1n) is 11.2. The first-order chi connectivity index (χ1) is 14.4. The van der Waals surface area contributed by atoms with E-state index in [1.54, 1.807) is 0 Å². The quantitative estimate of drug-likeness (QED) is 0.287. The van der Waals surface area contributed by atoms with Crippen molar-refractivity contribution in [3.05, 3.63) is 0 Å². The van der Waals surface area contributed by atoms with Crippen LogP contribution < -0.4 is 0 Å². The van der Waals surface area contributed by atoms with Crippen LogP contribution in [0.1, 0.15) is 73.1 Å². The zero-order valence-corrected chi connectivity index (χ0v) is 19.2. The molecule has 0 amide bonds. The van der Waals surface area contributed by atoms with E-state index in [-0.39, 0.29) is 6.61 Å². The summed E-state index contributed by atoms with van der Waals surface area (Å²) in [5.74, 6) is -0.896. The van der Waals surface area contributed by atoms with Crippen LogP contribution in [0.4, 0.5) is 0 Å². The van der Waals surface area contributed by atoms with E-state index in [9.17, 15) is 9.59 Å². The van der Waals surface area contributed by atoms with Gasteiger partial charge in [-0.15, -0.1) is 0 Å². The monoisotopic (exact) mass is 432 g/mol. The van der Waals surface area contributed by atoms with Gasteiger partial charge in [0.1, 0.15) is 31.0 Å². The third-order valence-electron chi connectivity index (χ3n) is 4.75. The van der Waals surface area contributed by atoms with Crippen molar-refractivity contribution in [2.24, 2.45) is 0 Å². The second-order valence-corrected chi connectivity index (χ2v) is 7.52. The molecule has 1 rings (SSSR count). The summed E-state index contributed by atoms with van der Waals surface area (Å²) in [4.78, 5) is 23.1. The molecule has 0 N–H and O–H groups in total. The van der Waals surface area contributed by atoms with E-state index in [1.807, 2.05) is 0 Å². The minimum Gasteiger partial charge on any atom is -0.463 e. The Morgan fingerprint density at radius 1 is 0.733 bits per heavy atom. The highest BCUT2D eigenvalue weighted by molar-refractivity contribution is 5.66. The molecule has 8 nitrogen and oxygen atoms in total. The molecule has 1 aliphatic heterocycles. The maximum atomic E-state index is 11.7. The topological polar surface area (TPSA) is 89.5 Å². The number of carbonyl (C=O) groups excluding carboxylic acids is 2. The summed E-state index contributed by atoms with van der Waals surface area (Å²) >= 11 is 0. The number of hydrogen-bond donors (Lipinski definition) is 0. The van der Waals surface area contributed by atoms with Gasteiger partial charge in [0.25, 0.3) is 0 Å². The summed E-state index contributed by atoms with van der Waals surface area (Å²) in [6.45, 7) is 10.4. The molecule has 1 aliphatic rings. The molecule has 1 saturated heterocycles. The van der Waals surface area contributed by atoms with E-state index in [4.69, 9.17) is 28.4 Å². The van der Waals surface area contributed by atoms with Gasteiger partial charge in [-0.25, -0.2) is 0 Å².